The molecule has 0 bridgehead atoms. The molecule has 0 aliphatic rings. The van der Waals surface area contributed by atoms with Gasteiger partial charge in [-0.3, -0.25) is 14.9 Å². The van der Waals surface area contributed by atoms with Crippen molar-refractivity contribution in [2.45, 2.75) is 19.0 Å². The average Bonchev–Trinajstić information content (AvgIpc) is 2.78. The first-order valence-corrected chi connectivity index (χ1v) is 5.64. The third-order valence-electron chi connectivity index (χ3n) is 2.83. The van der Waals surface area contributed by atoms with Crippen LogP contribution >= 0.6 is 0 Å². The summed E-state index contributed by atoms with van der Waals surface area (Å²) >= 11 is 0. The summed E-state index contributed by atoms with van der Waals surface area (Å²) in [6, 6.07) is 4.09. The molecule has 0 aliphatic carbocycles. The normalized spacial score (nSPS) is 11.8. The fraction of sp³-hybridized carbons (Fsp3) is 0.250. The first kappa shape index (κ1) is 14.0. The molecule has 8 heteroatoms. The Labute approximate surface area is 110 Å². The number of non-ortho nitro benzene ring substituents is 1. The van der Waals surface area contributed by atoms with Crippen molar-refractivity contribution in [1.82, 2.24) is 4.98 Å². The molecular formula is C12H9F3N2O3. The van der Waals surface area contributed by atoms with Gasteiger partial charge in [0.25, 0.3) is 5.69 Å². The zero-order valence-electron chi connectivity index (χ0n) is 10.0. The molecular weight excluding hydrogens is 277 g/mol. The van der Waals surface area contributed by atoms with Crippen molar-refractivity contribution in [2.75, 3.05) is 0 Å². The van der Waals surface area contributed by atoms with Crippen LogP contribution in [0.5, 0.6) is 0 Å². The van der Waals surface area contributed by atoms with Crippen molar-refractivity contribution < 1.29 is 22.9 Å². The highest BCUT2D eigenvalue weighted by Gasteiger charge is 2.29. The number of rotatable bonds is 4. The number of H-pyrrole nitrogens is 1. The summed E-state index contributed by atoms with van der Waals surface area (Å²) in [4.78, 5) is 24.5. The van der Waals surface area contributed by atoms with E-state index in [-0.39, 0.29) is 22.2 Å². The number of Topliss-reactive ketones (excluding diaryl/α,β-unsaturated/α-hetero) is 1. The zero-order valence-corrected chi connectivity index (χ0v) is 10.0. The molecule has 1 aromatic heterocycles. The van der Waals surface area contributed by atoms with Crippen molar-refractivity contribution in [2.24, 2.45) is 0 Å². The Morgan fingerprint density at radius 3 is 2.65 bits per heavy atom. The molecule has 0 amide bonds. The van der Waals surface area contributed by atoms with Gasteiger partial charge in [-0.05, 0) is 0 Å². The van der Waals surface area contributed by atoms with Crippen LogP contribution in [0.2, 0.25) is 0 Å². The second-order valence-corrected chi connectivity index (χ2v) is 4.20. The van der Waals surface area contributed by atoms with E-state index in [9.17, 15) is 28.1 Å². The van der Waals surface area contributed by atoms with Gasteiger partial charge >= 0.3 is 6.18 Å². The number of hydrogen-bond acceptors (Lipinski definition) is 3. The van der Waals surface area contributed by atoms with Gasteiger partial charge in [0.05, 0.1) is 11.3 Å². The SMILES string of the molecule is O=C(CCC(F)(F)F)c1c[nH]c2c([N+](=O)[O-])cccc12. The molecule has 2 aromatic rings. The molecule has 20 heavy (non-hydrogen) atoms. The molecule has 0 saturated carbocycles. The van der Waals surface area contributed by atoms with E-state index in [1.54, 1.807) is 0 Å². The highest BCUT2D eigenvalue weighted by Crippen LogP contribution is 2.29. The van der Waals surface area contributed by atoms with Crippen molar-refractivity contribution >= 4 is 22.4 Å². The molecule has 106 valence electrons. The number of benzene rings is 1. The minimum Gasteiger partial charge on any atom is -0.355 e. The van der Waals surface area contributed by atoms with Gasteiger partial charge in [-0.25, -0.2) is 0 Å². The standard InChI is InChI=1S/C12H9F3N2O3/c13-12(14,15)5-4-10(18)8-6-16-11-7(8)2-1-3-9(11)17(19)20/h1-3,6,16H,4-5H2. The summed E-state index contributed by atoms with van der Waals surface area (Å²) in [5, 5.41) is 11.1. The lowest BCUT2D eigenvalue weighted by atomic mass is 10.1. The lowest BCUT2D eigenvalue weighted by molar-refractivity contribution is -0.383. The number of hydrogen-bond donors (Lipinski definition) is 1. The smallest absolute Gasteiger partial charge is 0.355 e. The summed E-state index contributed by atoms with van der Waals surface area (Å²) in [5.41, 5.74) is -0.0572. The number of ketones is 1. The van der Waals surface area contributed by atoms with Gasteiger partial charge in [-0.15, -0.1) is 0 Å². The molecule has 0 fully saturated rings. The van der Waals surface area contributed by atoms with Crippen LogP contribution in [0.1, 0.15) is 23.2 Å². The largest absolute Gasteiger partial charge is 0.389 e. The monoisotopic (exact) mass is 286 g/mol. The zero-order chi connectivity index (χ0) is 14.9. The van der Waals surface area contributed by atoms with Crippen LogP contribution in [-0.4, -0.2) is 21.9 Å². The second-order valence-electron chi connectivity index (χ2n) is 4.20. The Hall–Kier alpha value is -2.38. The van der Waals surface area contributed by atoms with Crippen molar-refractivity contribution in [3.8, 4) is 0 Å². The molecule has 0 aliphatic heterocycles. The van der Waals surface area contributed by atoms with Crippen LogP contribution in [-0.2, 0) is 0 Å². The predicted octanol–water partition coefficient (Wildman–Crippen LogP) is 3.60. The van der Waals surface area contributed by atoms with Gasteiger partial charge in [-0.2, -0.15) is 13.2 Å². The summed E-state index contributed by atoms with van der Waals surface area (Å²) in [6.07, 6.45) is -5.10. The van der Waals surface area contributed by atoms with Gasteiger partial charge in [0.2, 0.25) is 0 Å². The van der Waals surface area contributed by atoms with Gasteiger partial charge in [0.1, 0.15) is 5.52 Å². The Bertz CT molecular complexity index is 676. The third-order valence-corrected chi connectivity index (χ3v) is 2.83. The van der Waals surface area contributed by atoms with Crippen LogP contribution < -0.4 is 0 Å². The number of carbonyl (C=O) groups is 1. The summed E-state index contributed by atoms with van der Waals surface area (Å²) in [5.74, 6) is -0.700. The lowest BCUT2D eigenvalue weighted by Crippen LogP contribution is -2.10. The third kappa shape index (κ3) is 2.79. The average molecular weight is 286 g/mol. The van der Waals surface area contributed by atoms with E-state index in [1.807, 2.05) is 0 Å². The molecule has 2 rings (SSSR count). The number of alkyl halides is 3. The number of halogens is 3. The highest BCUT2D eigenvalue weighted by atomic mass is 19.4. The number of aromatic amines is 1. The van der Waals surface area contributed by atoms with Crippen LogP contribution in [0.4, 0.5) is 18.9 Å². The van der Waals surface area contributed by atoms with E-state index in [1.165, 1.54) is 24.4 Å². The van der Waals surface area contributed by atoms with Crippen molar-refractivity contribution in [3.05, 3.63) is 40.1 Å². The van der Waals surface area contributed by atoms with Crippen molar-refractivity contribution in [3.63, 3.8) is 0 Å². The fourth-order valence-electron chi connectivity index (χ4n) is 1.91. The molecule has 1 N–H and O–H groups in total. The van der Waals surface area contributed by atoms with Crippen LogP contribution in [0.25, 0.3) is 10.9 Å². The molecule has 0 atom stereocenters. The van der Waals surface area contributed by atoms with Crippen molar-refractivity contribution in [1.29, 1.82) is 0 Å². The molecule has 0 saturated heterocycles. The number of aromatic nitrogens is 1. The lowest BCUT2D eigenvalue weighted by Gasteiger charge is -2.04. The number of nitro benzene ring substituents is 1. The summed E-state index contributed by atoms with van der Waals surface area (Å²) < 4.78 is 36.3. The molecule has 0 spiro atoms. The van der Waals surface area contributed by atoms with E-state index >= 15 is 0 Å². The minimum atomic E-state index is -4.41. The molecule has 0 radical (unpaired) electrons. The Morgan fingerprint density at radius 2 is 2.05 bits per heavy atom. The first-order valence-electron chi connectivity index (χ1n) is 5.64. The summed E-state index contributed by atoms with van der Waals surface area (Å²) in [6.45, 7) is 0. The van der Waals surface area contributed by atoms with Gasteiger partial charge < -0.3 is 4.98 Å². The first-order chi connectivity index (χ1) is 9.29. The van der Waals surface area contributed by atoms with Crippen LogP contribution in [0, 0.1) is 10.1 Å². The van der Waals surface area contributed by atoms with E-state index in [2.05, 4.69) is 4.98 Å². The Morgan fingerprint density at radius 1 is 1.35 bits per heavy atom. The highest BCUT2D eigenvalue weighted by molar-refractivity contribution is 6.09. The van der Waals surface area contributed by atoms with E-state index in [0.29, 0.717) is 0 Å². The van der Waals surface area contributed by atoms with Gasteiger partial charge in [0, 0.05) is 29.6 Å². The van der Waals surface area contributed by atoms with Crippen LogP contribution in [0.3, 0.4) is 0 Å². The molecule has 5 nitrogen and oxygen atoms in total. The molecule has 1 aromatic carbocycles. The van der Waals surface area contributed by atoms with E-state index in [0.717, 1.165) is 0 Å². The van der Waals surface area contributed by atoms with E-state index in [4.69, 9.17) is 0 Å². The quantitative estimate of drug-likeness (QED) is 0.530. The number of carbonyl (C=O) groups excluding carboxylic acids is 1. The molecule has 0 unspecified atom stereocenters. The summed E-state index contributed by atoms with van der Waals surface area (Å²) in [7, 11) is 0. The topological polar surface area (TPSA) is 76.0 Å². The van der Waals surface area contributed by atoms with Gasteiger partial charge in [-0.1, -0.05) is 12.1 Å². The minimum absolute atomic E-state index is 0.0351. The number of nitrogens with zero attached hydrogens (tertiary/aromatic N) is 1. The second kappa shape index (κ2) is 4.95. The number of nitro groups is 1. The number of nitrogens with one attached hydrogen (secondary N) is 1. The Balaban J connectivity index is 2.34. The van der Waals surface area contributed by atoms with Gasteiger partial charge in [0.15, 0.2) is 5.78 Å². The maximum atomic E-state index is 12.1. The molecule has 1 heterocycles. The maximum Gasteiger partial charge on any atom is 0.389 e. The Kier molecular flexibility index (Phi) is 3.47. The predicted molar refractivity (Wildman–Crippen MR) is 64.6 cm³/mol. The number of para-hydroxylation sites is 1. The maximum absolute atomic E-state index is 12.1. The van der Waals surface area contributed by atoms with E-state index < -0.39 is 29.7 Å². The number of fused-ring (bicyclic) bond motifs is 1. The fourth-order valence-corrected chi connectivity index (χ4v) is 1.91. The van der Waals surface area contributed by atoms with Crippen LogP contribution in [0.15, 0.2) is 24.4 Å².